The number of anilines is 1. The van der Waals surface area contributed by atoms with E-state index in [0.29, 0.717) is 6.07 Å². The molecule has 1 aromatic heterocycles. The minimum atomic E-state index is -4.73. The van der Waals surface area contributed by atoms with Crippen LogP contribution in [0.1, 0.15) is 17.6 Å². The molecule has 0 aliphatic carbocycles. The van der Waals surface area contributed by atoms with Crippen LogP contribution in [0.3, 0.4) is 0 Å². The van der Waals surface area contributed by atoms with Crippen LogP contribution >= 0.6 is 0 Å². The molecular weight excluding hydrogens is 349 g/mol. The lowest BCUT2D eigenvalue weighted by Gasteiger charge is -2.09. The van der Waals surface area contributed by atoms with Crippen molar-refractivity contribution in [2.45, 2.75) is 6.18 Å². The second kappa shape index (κ2) is 6.66. The third-order valence-electron chi connectivity index (χ3n) is 3.47. The predicted molar refractivity (Wildman–Crippen MR) is 90.4 cm³/mol. The Morgan fingerprint density at radius 1 is 1.12 bits per heavy atom. The van der Waals surface area contributed by atoms with Crippen molar-refractivity contribution in [2.75, 3.05) is 5.32 Å². The first-order valence-electron chi connectivity index (χ1n) is 7.35. The first-order valence-corrected chi connectivity index (χ1v) is 7.35. The Labute approximate surface area is 148 Å². The quantitative estimate of drug-likeness (QED) is 0.574. The highest BCUT2D eigenvalue weighted by Crippen LogP contribution is 2.30. The zero-order valence-electron chi connectivity index (χ0n) is 13.1. The average Bonchev–Trinajstić information content (AvgIpc) is 3.04. The maximum atomic E-state index is 13.8. The van der Waals surface area contributed by atoms with Gasteiger partial charge < -0.3 is 5.32 Å². The highest BCUT2D eigenvalue weighted by molar-refractivity contribution is 6.32. The van der Waals surface area contributed by atoms with E-state index in [-0.39, 0.29) is 24.0 Å². The van der Waals surface area contributed by atoms with Gasteiger partial charge in [0.15, 0.2) is 5.69 Å². The molecule has 4 nitrogen and oxygen atoms in total. The number of alkyl halides is 3. The molecule has 0 spiro atoms. The highest BCUT2D eigenvalue weighted by Gasteiger charge is 2.36. The van der Waals surface area contributed by atoms with Gasteiger partial charge in [-0.3, -0.25) is 4.79 Å². The topological polar surface area (TPSA) is 46.9 Å². The third-order valence-corrected chi connectivity index (χ3v) is 3.47. The van der Waals surface area contributed by atoms with Crippen LogP contribution in [0.4, 0.5) is 23.2 Å². The second-order valence-electron chi connectivity index (χ2n) is 5.35. The summed E-state index contributed by atoms with van der Waals surface area (Å²) in [7, 11) is 5.43. The van der Waals surface area contributed by atoms with Crippen molar-refractivity contribution in [3.05, 3.63) is 71.8 Å². The summed E-state index contributed by atoms with van der Waals surface area (Å²) in [5, 5.41) is 5.70. The maximum absolute atomic E-state index is 13.8. The molecule has 3 rings (SSSR count). The number of nitrogens with one attached hydrogen (secondary N) is 1. The summed E-state index contributed by atoms with van der Waals surface area (Å²) in [5.41, 5.74) is -1.43. The SMILES string of the molecule is [2HH].[B]c1ccc(NC(=O)c2cc(C(F)(F)F)nn2-c2ccccc2)c(F)c1. The van der Waals surface area contributed by atoms with Crippen LogP contribution in [0.15, 0.2) is 54.6 Å². The molecule has 0 saturated heterocycles. The van der Waals surface area contributed by atoms with Crippen LogP contribution in [0.25, 0.3) is 5.69 Å². The Morgan fingerprint density at radius 3 is 2.42 bits per heavy atom. The Bertz CT molecular complexity index is 961. The number of rotatable bonds is 3. The van der Waals surface area contributed by atoms with Gasteiger partial charge in [0.05, 0.1) is 11.4 Å². The minimum Gasteiger partial charge on any atom is -0.318 e. The van der Waals surface area contributed by atoms with E-state index in [1.165, 1.54) is 24.3 Å². The first kappa shape index (κ1) is 17.7. The third kappa shape index (κ3) is 3.61. The van der Waals surface area contributed by atoms with Crippen molar-refractivity contribution in [3.8, 4) is 5.69 Å². The summed E-state index contributed by atoms with van der Waals surface area (Å²) in [6.07, 6.45) is -4.73. The van der Waals surface area contributed by atoms with Gasteiger partial charge in [0.1, 0.15) is 19.4 Å². The fourth-order valence-corrected chi connectivity index (χ4v) is 2.27. The summed E-state index contributed by atoms with van der Waals surface area (Å²) in [6.45, 7) is 0. The van der Waals surface area contributed by atoms with Crippen molar-refractivity contribution in [2.24, 2.45) is 0 Å². The van der Waals surface area contributed by atoms with Crippen molar-refractivity contribution in [1.29, 1.82) is 0 Å². The normalized spacial score (nSPS) is 11.4. The molecule has 9 heteroatoms. The van der Waals surface area contributed by atoms with Crippen LogP contribution < -0.4 is 10.8 Å². The number of nitrogens with zero attached hydrogens (tertiary/aromatic N) is 2. The van der Waals surface area contributed by atoms with E-state index in [1.807, 2.05) is 0 Å². The van der Waals surface area contributed by atoms with Gasteiger partial charge in [-0.25, -0.2) is 9.07 Å². The lowest BCUT2D eigenvalue weighted by molar-refractivity contribution is -0.141. The lowest BCUT2D eigenvalue weighted by atomic mass is 9.96. The molecule has 26 heavy (non-hydrogen) atoms. The first-order chi connectivity index (χ1) is 12.3. The number of hydrogen-bond donors (Lipinski definition) is 1. The number of halogens is 4. The smallest absolute Gasteiger partial charge is 0.318 e. The second-order valence-corrected chi connectivity index (χ2v) is 5.35. The van der Waals surface area contributed by atoms with Gasteiger partial charge >= 0.3 is 6.18 Å². The van der Waals surface area contributed by atoms with Gasteiger partial charge in [0, 0.05) is 7.49 Å². The van der Waals surface area contributed by atoms with Crippen LogP contribution in [-0.2, 0) is 6.18 Å². The molecule has 1 N–H and O–H groups in total. The molecule has 0 fully saturated rings. The molecule has 0 unspecified atom stereocenters. The van der Waals surface area contributed by atoms with Crippen molar-refractivity contribution < 1.29 is 23.8 Å². The number of para-hydroxylation sites is 1. The van der Waals surface area contributed by atoms with Crippen molar-refractivity contribution in [1.82, 2.24) is 9.78 Å². The molecular formula is C17H12BF4N3O. The Hall–Kier alpha value is -3.10. The molecule has 0 bridgehead atoms. The van der Waals surface area contributed by atoms with E-state index in [2.05, 4.69) is 10.4 Å². The molecule has 0 atom stereocenters. The van der Waals surface area contributed by atoms with Gasteiger partial charge in [0.2, 0.25) is 0 Å². The van der Waals surface area contributed by atoms with Gasteiger partial charge in [-0.15, -0.1) is 0 Å². The van der Waals surface area contributed by atoms with Gasteiger partial charge in [-0.05, 0) is 24.3 Å². The molecule has 2 radical (unpaired) electrons. The molecule has 1 heterocycles. The summed E-state index contributed by atoms with van der Waals surface area (Å²) in [5.74, 6) is -1.75. The summed E-state index contributed by atoms with van der Waals surface area (Å²) in [6, 6.07) is 12.0. The summed E-state index contributed by atoms with van der Waals surface area (Å²) in [4.78, 5) is 12.4. The Morgan fingerprint density at radius 2 is 1.81 bits per heavy atom. The minimum absolute atomic E-state index is 0. The van der Waals surface area contributed by atoms with E-state index < -0.39 is 23.6 Å². The molecule has 2 aromatic carbocycles. The number of hydrogen-bond acceptors (Lipinski definition) is 2. The van der Waals surface area contributed by atoms with Crippen LogP contribution in [0.5, 0.6) is 0 Å². The van der Waals surface area contributed by atoms with Gasteiger partial charge in [-0.2, -0.15) is 18.3 Å². The van der Waals surface area contributed by atoms with E-state index in [0.717, 1.165) is 10.7 Å². The van der Waals surface area contributed by atoms with E-state index in [4.69, 9.17) is 7.85 Å². The van der Waals surface area contributed by atoms with Crippen molar-refractivity contribution >= 4 is 24.9 Å². The number of carbonyl (C=O) groups excluding carboxylic acids is 1. The zero-order valence-corrected chi connectivity index (χ0v) is 13.1. The van der Waals surface area contributed by atoms with E-state index in [9.17, 15) is 22.4 Å². The summed E-state index contributed by atoms with van der Waals surface area (Å²) < 4.78 is 53.7. The molecule has 0 saturated carbocycles. The average molecular weight is 362 g/mol. The molecule has 0 aliphatic heterocycles. The Kier molecular flexibility index (Phi) is 4.54. The monoisotopic (exact) mass is 362 g/mol. The lowest BCUT2D eigenvalue weighted by Crippen LogP contribution is -2.18. The van der Waals surface area contributed by atoms with E-state index >= 15 is 0 Å². The summed E-state index contributed by atoms with van der Waals surface area (Å²) >= 11 is 0. The van der Waals surface area contributed by atoms with Crippen molar-refractivity contribution in [3.63, 3.8) is 0 Å². The fraction of sp³-hybridized carbons (Fsp3) is 0.0588. The van der Waals surface area contributed by atoms with Crippen LogP contribution in [-0.4, -0.2) is 23.5 Å². The zero-order chi connectivity index (χ0) is 18.9. The number of amides is 1. The highest BCUT2D eigenvalue weighted by atomic mass is 19.4. The van der Waals surface area contributed by atoms with Gasteiger partial charge in [0.25, 0.3) is 5.91 Å². The Balaban J connectivity index is 0.00000261. The fourth-order valence-electron chi connectivity index (χ4n) is 2.27. The van der Waals surface area contributed by atoms with Gasteiger partial charge in [-0.1, -0.05) is 29.7 Å². The molecule has 3 aromatic rings. The number of carbonyl (C=O) groups is 1. The molecule has 0 aliphatic rings. The van der Waals surface area contributed by atoms with Crippen LogP contribution in [0, 0.1) is 5.82 Å². The largest absolute Gasteiger partial charge is 0.435 e. The van der Waals surface area contributed by atoms with Crippen LogP contribution in [0.2, 0.25) is 0 Å². The number of benzene rings is 2. The molecule has 132 valence electrons. The maximum Gasteiger partial charge on any atom is 0.435 e. The van der Waals surface area contributed by atoms with E-state index in [1.54, 1.807) is 18.2 Å². The predicted octanol–water partition coefficient (Wildman–Crippen LogP) is 3.32. The number of aromatic nitrogens is 2. The molecule has 1 amide bonds. The standard InChI is InChI=1S/C17H10BF4N3O.H2/c18-10-6-7-13(12(19)8-10)23-16(26)14-9-15(17(20,21)22)24-25(14)11-4-2-1-3-5-11;/h1-9H,(H,23,26);1H/i;1+1.